The average molecular weight is 274 g/mol. The normalized spacial score (nSPS) is 63.2. The highest BCUT2D eigenvalue weighted by atomic mass is 16.6. The molecular weight excluding hydrogens is 264 g/mol. The van der Waals surface area contributed by atoms with Gasteiger partial charge in [-0.1, -0.05) is 0 Å². The van der Waals surface area contributed by atoms with Gasteiger partial charge in [-0.15, -0.1) is 0 Å². The van der Waals surface area contributed by atoms with E-state index in [-0.39, 0.29) is 46.3 Å². The Bertz CT molecular complexity index is 595. The van der Waals surface area contributed by atoms with Gasteiger partial charge in [0.25, 0.3) is 0 Å². The van der Waals surface area contributed by atoms with Gasteiger partial charge in [-0.05, 0) is 35.5 Å². The first-order valence-electron chi connectivity index (χ1n) is 7.05. The second-order valence-electron chi connectivity index (χ2n) is 7.19. The van der Waals surface area contributed by atoms with E-state index >= 15 is 0 Å². The van der Waals surface area contributed by atoms with E-state index in [9.17, 15) is 19.2 Å². The van der Waals surface area contributed by atoms with E-state index < -0.39 is 23.9 Å². The SMILES string of the molecule is O=C1OC(=O)[C@H]2C1[C@]13C[C@@H]1[C@H]1C(=O)OC(=O)[C@H]1C1C[C@]123. The monoisotopic (exact) mass is 274 g/mol. The van der Waals surface area contributed by atoms with Gasteiger partial charge in [0.15, 0.2) is 0 Å². The molecule has 2 unspecified atom stereocenters. The smallest absolute Gasteiger partial charge is 0.318 e. The quantitative estimate of drug-likeness (QED) is 0.443. The molecule has 0 amide bonds. The molecule has 4 saturated carbocycles. The molecule has 8 atom stereocenters. The maximum absolute atomic E-state index is 11.9. The second kappa shape index (κ2) is 2.34. The first-order valence-corrected chi connectivity index (χ1v) is 7.05. The van der Waals surface area contributed by atoms with Crippen molar-refractivity contribution in [1.29, 1.82) is 0 Å². The summed E-state index contributed by atoms with van der Waals surface area (Å²) in [5, 5.41) is 0. The molecular formula is C14H10O6. The van der Waals surface area contributed by atoms with Crippen LogP contribution in [0, 0.1) is 46.3 Å². The maximum Gasteiger partial charge on any atom is 0.318 e. The van der Waals surface area contributed by atoms with Crippen molar-refractivity contribution < 1.29 is 28.7 Å². The van der Waals surface area contributed by atoms with Gasteiger partial charge in [-0.2, -0.15) is 0 Å². The fraction of sp³-hybridized carbons (Fsp3) is 0.714. The summed E-state index contributed by atoms with van der Waals surface area (Å²) in [6.45, 7) is 0. The molecule has 0 aromatic carbocycles. The number of hydrogen-bond acceptors (Lipinski definition) is 6. The Morgan fingerprint density at radius 1 is 0.700 bits per heavy atom. The molecule has 2 heterocycles. The van der Waals surface area contributed by atoms with Crippen LogP contribution >= 0.6 is 0 Å². The molecule has 6 rings (SSSR count). The van der Waals surface area contributed by atoms with Gasteiger partial charge >= 0.3 is 23.9 Å². The van der Waals surface area contributed by atoms with Gasteiger partial charge in [-0.3, -0.25) is 19.2 Å². The van der Waals surface area contributed by atoms with Gasteiger partial charge in [0.1, 0.15) is 0 Å². The Kier molecular flexibility index (Phi) is 1.18. The van der Waals surface area contributed by atoms with Gasteiger partial charge in [-0.25, -0.2) is 0 Å². The fourth-order valence-electron chi connectivity index (χ4n) is 6.64. The molecule has 102 valence electrons. The number of fused-ring (bicyclic) bond motifs is 4. The van der Waals surface area contributed by atoms with Crippen LogP contribution < -0.4 is 0 Å². The minimum atomic E-state index is -0.427. The van der Waals surface area contributed by atoms with E-state index in [0.717, 1.165) is 12.8 Å². The van der Waals surface area contributed by atoms with E-state index in [1.807, 2.05) is 0 Å². The molecule has 6 heteroatoms. The molecule has 0 bridgehead atoms. The van der Waals surface area contributed by atoms with Crippen molar-refractivity contribution in [1.82, 2.24) is 0 Å². The van der Waals surface area contributed by atoms with E-state index in [0.29, 0.717) is 0 Å². The number of ether oxygens (including phenoxy) is 2. The molecule has 0 aromatic rings. The van der Waals surface area contributed by atoms with Crippen LogP contribution in [0.25, 0.3) is 0 Å². The van der Waals surface area contributed by atoms with Crippen LogP contribution in [0.5, 0.6) is 0 Å². The van der Waals surface area contributed by atoms with Crippen molar-refractivity contribution in [3.8, 4) is 0 Å². The molecule has 4 aliphatic carbocycles. The molecule has 2 saturated heterocycles. The van der Waals surface area contributed by atoms with Gasteiger partial charge in [0.05, 0.1) is 23.7 Å². The van der Waals surface area contributed by atoms with Crippen LogP contribution in [0.3, 0.4) is 0 Å². The van der Waals surface area contributed by atoms with Crippen LogP contribution in [-0.2, 0) is 28.7 Å². The summed E-state index contributed by atoms with van der Waals surface area (Å²) in [4.78, 5) is 47.6. The zero-order valence-electron chi connectivity index (χ0n) is 10.3. The lowest BCUT2D eigenvalue weighted by Gasteiger charge is -2.51. The molecule has 0 aromatic heterocycles. The maximum atomic E-state index is 11.9. The molecule has 0 N–H and O–H groups in total. The number of carbonyl (C=O) groups is 4. The lowest BCUT2D eigenvalue weighted by Crippen LogP contribution is -2.58. The predicted octanol–water partition coefficient (Wildman–Crippen LogP) is -0.342. The fourth-order valence-corrected chi connectivity index (χ4v) is 6.64. The molecule has 6 aliphatic rings. The summed E-state index contributed by atoms with van der Waals surface area (Å²) >= 11 is 0. The summed E-state index contributed by atoms with van der Waals surface area (Å²) in [6, 6.07) is 0. The molecule has 6 fully saturated rings. The van der Waals surface area contributed by atoms with Gasteiger partial charge in [0, 0.05) is 0 Å². The third kappa shape index (κ3) is 0.636. The zero-order valence-corrected chi connectivity index (χ0v) is 10.3. The second-order valence-corrected chi connectivity index (χ2v) is 7.19. The van der Waals surface area contributed by atoms with Crippen molar-refractivity contribution >= 4 is 23.9 Å². The highest BCUT2D eigenvalue weighted by Crippen LogP contribution is 2.96. The number of cyclic esters (lactones) is 4. The van der Waals surface area contributed by atoms with Crippen LogP contribution in [-0.4, -0.2) is 23.9 Å². The number of rotatable bonds is 0. The first-order chi connectivity index (χ1) is 9.54. The Hall–Kier alpha value is -1.72. The molecule has 0 radical (unpaired) electrons. The molecule has 6 nitrogen and oxygen atoms in total. The summed E-state index contributed by atoms with van der Waals surface area (Å²) in [7, 11) is 0. The van der Waals surface area contributed by atoms with Crippen LogP contribution in [0.4, 0.5) is 0 Å². The molecule has 2 spiro atoms. The van der Waals surface area contributed by atoms with Crippen molar-refractivity contribution in [3.63, 3.8) is 0 Å². The van der Waals surface area contributed by atoms with Crippen molar-refractivity contribution in [2.24, 2.45) is 46.3 Å². The third-order valence-electron chi connectivity index (χ3n) is 7.14. The van der Waals surface area contributed by atoms with Crippen molar-refractivity contribution in [2.45, 2.75) is 12.8 Å². The zero-order chi connectivity index (χ0) is 13.6. The minimum Gasteiger partial charge on any atom is -0.393 e. The average Bonchev–Trinajstić information content (AvgIpc) is 3.22. The lowest BCUT2D eigenvalue weighted by molar-refractivity contribution is -0.158. The van der Waals surface area contributed by atoms with Crippen LogP contribution in [0.1, 0.15) is 12.8 Å². The molecule has 20 heavy (non-hydrogen) atoms. The summed E-state index contributed by atoms with van der Waals surface area (Å²) < 4.78 is 9.64. The Labute approximate surface area is 112 Å². The largest absolute Gasteiger partial charge is 0.393 e. The van der Waals surface area contributed by atoms with Crippen LogP contribution in [0.15, 0.2) is 0 Å². The summed E-state index contributed by atoms with van der Waals surface area (Å²) in [5.74, 6) is -3.13. The highest BCUT2D eigenvalue weighted by Gasteiger charge is 2.98. The van der Waals surface area contributed by atoms with E-state index in [1.165, 1.54) is 0 Å². The lowest BCUT2D eigenvalue weighted by atomic mass is 9.46. The third-order valence-corrected chi connectivity index (χ3v) is 7.14. The predicted molar refractivity (Wildman–Crippen MR) is 57.2 cm³/mol. The standard InChI is InChI=1S/C14H10O6/c15-9-5-3-1-13(3)7-8(12(18)20-11(7)17)14(13)2-4(14)6(5)10(16)19-9/h3-8H,1-2H2/t3-,4?,5-,6+,7?,8-,13+,14+/m1/s1. The minimum absolute atomic E-state index is 0.0323. The summed E-state index contributed by atoms with van der Waals surface area (Å²) in [5.41, 5.74) is -0.479. The highest BCUT2D eigenvalue weighted by molar-refractivity contribution is 6.03. The summed E-state index contributed by atoms with van der Waals surface area (Å²) in [6.07, 6.45) is 1.52. The van der Waals surface area contributed by atoms with Crippen molar-refractivity contribution in [3.05, 3.63) is 0 Å². The Morgan fingerprint density at radius 3 is 1.55 bits per heavy atom. The number of hydrogen-bond donors (Lipinski definition) is 0. The van der Waals surface area contributed by atoms with Gasteiger partial charge < -0.3 is 9.47 Å². The van der Waals surface area contributed by atoms with E-state index in [2.05, 4.69) is 0 Å². The number of esters is 4. The van der Waals surface area contributed by atoms with Crippen molar-refractivity contribution in [2.75, 3.05) is 0 Å². The molecule has 2 aliphatic heterocycles. The Morgan fingerprint density at radius 2 is 1.10 bits per heavy atom. The Balaban J connectivity index is 1.54. The van der Waals surface area contributed by atoms with Crippen LogP contribution in [0.2, 0.25) is 0 Å². The number of carbonyl (C=O) groups excluding carboxylic acids is 4. The van der Waals surface area contributed by atoms with E-state index in [4.69, 9.17) is 9.47 Å². The van der Waals surface area contributed by atoms with Gasteiger partial charge in [0.2, 0.25) is 0 Å². The first kappa shape index (κ1) is 10.1. The topological polar surface area (TPSA) is 86.7 Å². The van der Waals surface area contributed by atoms with E-state index in [1.54, 1.807) is 0 Å².